The number of ether oxygens (including phenoxy) is 1. The summed E-state index contributed by atoms with van der Waals surface area (Å²) < 4.78 is 103. The number of allylic oxidation sites excluding steroid dienone is 2. The maximum absolute atomic E-state index is 14.9. The summed E-state index contributed by atoms with van der Waals surface area (Å²) in [5.74, 6) is -6.16. The number of rotatable bonds is 9. The number of benzene rings is 3. The second-order valence-corrected chi connectivity index (χ2v) is 9.61. The van der Waals surface area contributed by atoms with Gasteiger partial charge in [0.15, 0.2) is 23.3 Å². The maximum Gasteiger partial charge on any atom is 0.383 e. The SMILES string of the molecule is C=CCCC(F)=C(F)c1ccc(-c2ccc(C(F)(F)OC3CCC(c4cc(F)c(F)c(F)c4)CC3)cc2)cc1. The number of hydrogen-bond acceptors (Lipinski definition) is 1. The molecule has 0 heterocycles. The van der Waals surface area contributed by atoms with E-state index in [4.69, 9.17) is 4.74 Å². The summed E-state index contributed by atoms with van der Waals surface area (Å²) >= 11 is 0. The van der Waals surface area contributed by atoms with Crippen LogP contribution >= 0.6 is 0 Å². The van der Waals surface area contributed by atoms with E-state index >= 15 is 0 Å². The Hall–Kier alpha value is -3.39. The minimum Gasteiger partial charge on any atom is -0.313 e. The molecular weight excluding hydrogens is 521 g/mol. The summed E-state index contributed by atoms with van der Waals surface area (Å²) in [5, 5.41) is 0. The van der Waals surface area contributed by atoms with Crippen molar-refractivity contribution >= 4 is 5.83 Å². The number of alkyl halides is 2. The van der Waals surface area contributed by atoms with Crippen LogP contribution in [0.1, 0.15) is 61.1 Å². The molecule has 39 heavy (non-hydrogen) atoms. The van der Waals surface area contributed by atoms with Gasteiger partial charge in [0.05, 0.1) is 11.7 Å². The van der Waals surface area contributed by atoms with E-state index in [9.17, 15) is 30.7 Å². The standard InChI is InChI=1S/C31H27F7O/c1-2-3-4-26(32)29(35)22-7-5-19(6-8-22)20-9-13-24(14-10-20)31(37,38)39-25-15-11-21(12-16-25)23-17-27(33)30(36)28(34)18-23/h2,5-10,13-14,17-18,21,25H,1,3-4,11-12,15-16H2. The van der Waals surface area contributed by atoms with E-state index in [1.165, 1.54) is 42.5 Å². The van der Waals surface area contributed by atoms with Gasteiger partial charge in [0.2, 0.25) is 0 Å². The van der Waals surface area contributed by atoms with Gasteiger partial charge in [-0.05, 0) is 79.0 Å². The van der Waals surface area contributed by atoms with Crippen LogP contribution in [0.3, 0.4) is 0 Å². The largest absolute Gasteiger partial charge is 0.383 e. The Morgan fingerprint density at radius 1 is 0.846 bits per heavy atom. The highest BCUT2D eigenvalue weighted by Crippen LogP contribution is 2.40. The lowest BCUT2D eigenvalue weighted by molar-refractivity contribution is -0.277. The van der Waals surface area contributed by atoms with Gasteiger partial charge in [-0.2, -0.15) is 8.78 Å². The van der Waals surface area contributed by atoms with Crippen LogP contribution in [0.25, 0.3) is 17.0 Å². The van der Waals surface area contributed by atoms with Crippen molar-refractivity contribution in [2.75, 3.05) is 0 Å². The molecule has 0 spiro atoms. The van der Waals surface area contributed by atoms with Gasteiger partial charge in [0, 0.05) is 12.0 Å². The molecule has 3 aromatic rings. The summed E-state index contributed by atoms with van der Waals surface area (Å²) in [5.41, 5.74) is 1.29. The van der Waals surface area contributed by atoms with Gasteiger partial charge < -0.3 is 4.74 Å². The molecule has 4 rings (SSSR count). The van der Waals surface area contributed by atoms with E-state index in [2.05, 4.69) is 6.58 Å². The van der Waals surface area contributed by atoms with Crippen LogP contribution in [0.15, 0.2) is 79.1 Å². The van der Waals surface area contributed by atoms with Crippen LogP contribution in [0.4, 0.5) is 30.7 Å². The quantitative estimate of drug-likeness (QED) is 0.147. The lowest BCUT2D eigenvalue weighted by Crippen LogP contribution is -2.29. The third kappa shape index (κ3) is 6.79. The topological polar surface area (TPSA) is 9.23 Å². The van der Waals surface area contributed by atoms with Crippen LogP contribution in [0.2, 0.25) is 0 Å². The van der Waals surface area contributed by atoms with E-state index in [1.54, 1.807) is 12.1 Å². The fourth-order valence-corrected chi connectivity index (χ4v) is 4.76. The van der Waals surface area contributed by atoms with Crippen molar-refractivity contribution < 1.29 is 35.5 Å². The van der Waals surface area contributed by atoms with Crippen molar-refractivity contribution in [1.29, 1.82) is 0 Å². The van der Waals surface area contributed by atoms with Gasteiger partial charge in [-0.25, -0.2) is 22.0 Å². The molecule has 1 fully saturated rings. The highest BCUT2D eigenvalue weighted by atomic mass is 19.3. The van der Waals surface area contributed by atoms with Gasteiger partial charge in [-0.3, -0.25) is 0 Å². The van der Waals surface area contributed by atoms with Crippen molar-refractivity contribution in [2.45, 2.75) is 56.7 Å². The lowest BCUT2D eigenvalue weighted by atomic mass is 9.82. The van der Waals surface area contributed by atoms with Crippen molar-refractivity contribution in [3.05, 3.63) is 113 Å². The first-order valence-electron chi connectivity index (χ1n) is 12.7. The average Bonchev–Trinajstić information content (AvgIpc) is 2.94. The molecule has 1 saturated carbocycles. The Kier molecular flexibility index (Phi) is 8.95. The molecule has 0 unspecified atom stereocenters. The van der Waals surface area contributed by atoms with Crippen LogP contribution in [-0.2, 0) is 10.8 Å². The third-order valence-corrected chi connectivity index (χ3v) is 6.97. The Labute approximate surface area is 222 Å². The molecule has 0 N–H and O–H groups in total. The highest BCUT2D eigenvalue weighted by molar-refractivity contribution is 5.68. The number of hydrogen-bond donors (Lipinski definition) is 0. The van der Waals surface area contributed by atoms with E-state index in [1.807, 2.05) is 0 Å². The second-order valence-electron chi connectivity index (χ2n) is 9.61. The van der Waals surface area contributed by atoms with Crippen molar-refractivity contribution in [3.8, 4) is 11.1 Å². The van der Waals surface area contributed by atoms with E-state index in [0.29, 0.717) is 36.0 Å². The molecule has 0 bridgehead atoms. The molecule has 0 radical (unpaired) electrons. The minimum absolute atomic E-state index is 0.0789. The first-order valence-corrected chi connectivity index (χ1v) is 12.7. The van der Waals surface area contributed by atoms with Crippen LogP contribution in [0, 0.1) is 17.5 Å². The Morgan fingerprint density at radius 3 is 1.92 bits per heavy atom. The van der Waals surface area contributed by atoms with Gasteiger partial charge in [0.1, 0.15) is 5.83 Å². The molecule has 1 aliphatic carbocycles. The summed E-state index contributed by atoms with van der Waals surface area (Å²) in [6.45, 7) is 3.48. The zero-order valence-corrected chi connectivity index (χ0v) is 21.0. The normalized spacial score (nSPS) is 18.5. The summed E-state index contributed by atoms with van der Waals surface area (Å²) in [6.07, 6.45) is -1.33. The summed E-state index contributed by atoms with van der Waals surface area (Å²) in [7, 11) is 0. The fourth-order valence-electron chi connectivity index (χ4n) is 4.76. The minimum atomic E-state index is -3.56. The van der Waals surface area contributed by atoms with Crippen molar-refractivity contribution in [3.63, 3.8) is 0 Å². The van der Waals surface area contributed by atoms with E-state index in [-0.39, 0.29) is 36.3 Å². The van der Waals surface area contributed by atoms with E-state index < -0.39 is 41.3 Å². The molecule has 0 atom stereocenters. The third-order valence-electron chi connectivity index (χ3n) is 6.97. The molecule has 206 valence electrons. The lowest BCUT2D eigenvalue weighted by Gasteiger charge is -2.31. The monoisotopic (exact) mass is 548 g/mol. The van der Waals surface area contributed by atoms with E-state index in [0.717, 1.165) is 12.1 Å². The van der Waals surface area contributed by atoms with Crippen LogP contribution in [-0.4, -0.2) is 6.10 Å². The van der Waals surface area contributed by atoms with Crippen LogP contribution in [0.5, 0.6) is 0 Å². The molecule has 8 heteroatoms. The molecular formula is C31H27F7O. The predicted octanol–water partition coefficient (Wildman–Crippen LogP) is 10.1. The Bertz CT molecular complexity index is 1300. The van der Waals surface area contributed by atoms with Crippen LogP contribution < -0.4 is 0 Å². The van der Waals surface area contributed by atoms with Crippen molar-refractivity contribution in [2.24, 2.45) is 0 Å². The van der Waals surface area contributed by atoms with Gasteiger partial charge in [-0.15, -0.1) is 6.58 Å². The highest BCUT2D eigenvalue weighted by Gasteiger charge is 2.37. The molecule has 0 amide bonds. The number of halogens is 7. The summed E-state index contributed by atoms with van der Waals surface area (Å²) in [6, 6.07) is 13.4. The molecule has 0 saturated heterocycles. The van der Waals surface area contributed by atoms with Gasteiger partial charge in [-0.1, -0.05) is 42.5 Å². The predicted molar refractivity (Wildman–Crippen MR) is 137 cm³/mol. The van der Waals surface area contributed by atoms with Crippen molar-refractivity contribution in [1.82, 2.24) is 0 Å². The molecule has 1 aliphatic rings. The smallest absolute Gasteiger partial charge is 0.313 e. The first-order chi connectivity index (χ1) is 18.6. The Balaban J connectivity index is 1.37. The molecule has 3 aromatic carbocycles. The molecule has 0 aromatic heterocycles. The Morgan fingerprint density at radius 2 is 1.38 bits per heavy atom. The summed E-state index contributed by atoms with van der Waals surface area (Å²) in [4.78, 5) is 0. The fraction of sp³-hybridized carbons (Fsp3) is 0.290. The van der Waals surface area contributed by atoms with Gasteiger partial charge >= 0.3 is 6.11 Å². The maximum atomic E-state index is 14.9. The first kappa shape index (κ1) is 28.6. The average molecular weight is 549 g/mol. The zero-order chi connectivity index (χ0) is 28.2. The molecule has 0 aliphatic heterocycles. The second kappa shape index (κ2) is 12.2. The molecule has 1 nitrogen and oxygen atoms in total. The zero-order valence-electron chi connectivity index (χ0n) is 21.0. The van der Waals surface area contributed by atoms with Gasteiger partial charge in [0.25, 0.3) is 0 Å².